The minimum absolute atomic E-state index is 0.487. The van der Waals surface area contributed by atoms with E-state index in [0.29, 0.717) is 5.92 Å². The fourth-order valence-electron chi connectivity index (χ4n) is 5.89. The fraction of sp³-hybridized carbons (Fsp3) is 0.156. The number of aryl methyl sites for hydroxylation is 2. The normalized spacial score (nSPS) is 12.4. The first kappa shape index (κ1) is 19.5. The molecule has 0 N–H and O–H groups in total. The van der Waals surface area contributed by atoms with E-state index in [2.05, 4.69) is 122 Å². The number of hydrogen-bond acceptors (Lipinski definition) is 0. The third-order valence-corrected chi connectivity index (χ3v) is 7.63. The predicted octanol–water partition coefficient (Wildman–Crippen LogP) is 7.91. The van der Waals surface area contributed by atoms with Crippen LogP contribution in [0.2, 0.25) is 0 Å². The molecule has 0 atom stereocenters. The molecule has 164 valence electrons. The van der Waals surface area contributed by atoms with Crippen LogP contribution < -0.4 is 4.57 Å². The number of benzene rings is 4. The molecule has 0 spiro atoms. The fourth-order valence-corrected chi connectivity index (χ4v) is 5.89. The van der Waals surface area contributed by atoms with E-state index in [-0.39, 0.29) is 0 Å². The van der Waals surface area contributed by atoms with Crippen LogP contribution in [0.15, 0.2) is 85.1 Å². The summed E-state index contributed by atoms with van der Waals surface area (Å²) in [5, 5.41) is 6.63. The average molecular weight is 440 g/mol. The topological polar surface area (TPSA) is 8.29 Å². The van der Waals surface area contributed by atoms with Crippen LogP contribution in [0.4, 0.5) is 0 Å². The van der Waals surface area contributed by atoms with E-state index in [1.807, 2.05) is 0 Å². The molecule has 0 saturated heterocycles. The summed E-state index contributed by atoms with van der Waals surface area (Å²) < 4.78 is 4.84. The third-order valence-electron chi connectivity index (χ3n) is 7.63. The molecule has 3 heterocycles. The number of hydrogen-bond donors (Lipinski definition) is 0. The molecule has 0 fully saturated rings. The Labute approximate surface area is 199 Å². The van der Waals surface area contributed by atoms with Gasteiger partial charge in [-0.1, -0.05) is 68.4 Å². The molecule has 7 rings (SSSR count). The average Bonchev–Trinajstić information content (AvgIpc) is 3.19. The highest BCUT2D eigenvalue weighted by atomic mass is 15.0. The van der Waals surface area contributed by atoms with Crippen LogP contribution in [0.3, 0.4) is 0 Å². The van der Waals surface area contributed by atoms with Crippen molar-refractivity contribution in [3.8, 4) is 11.1 Å². The van der Waals surface area contributed by atoms with E-state index in [4.69, 9.17) is 0 Å². The van der Waals surface area contributed by atoms with Gasteiger partial charge in [-0.05, 0) is 58.7 Å². The lowest BCUT2D eigenvalue weighted by Gasteiger charge is -2.15. The van der Waals surface area contributed by atoms with Gasteiger partial charge in [-0.25, -0.2) is 4.57 Å². The number of fused-ring (bicyclic) bond motifs is 5. The largest absolute Gasteiger partial charge is 0.307 e. The van der Waals surface area contributed by atoms with Crippen molar-refractivity contribution in [2.45, 2.75) is 26.7 Å². The Bertz CT molecular complexity index is 1890. The van der Waals surface area contributed by atoms with Crippen molar-refractivity contribution in [2.75, 3.05) is 0 Å². The minimum Gasteiger partial charge on any atom is -0.307 e. The molecule has 0 saturated carbocycles. The number of rotatable bonds is 2. The molecular weight excluding hydrogens is 412 g/mol. The lowest BCUT2D eigenvalue weighted by Crippen LogP contribution is -2.28. The SMILES string of the molecule is Cc1ccc2c3ccc(C(C)C)cc3n3c4cc(-c5ccccc5)cc5cc[n+](C)c(c1c23)c54. The molecule has 0 aliphatic heterocycles. The quantitative estimate of drug-likeness (QED) is 0.147. The van der Waals surface area contributed by atoms with Gasteiger partial charge in [-0.2, -0.15) is 0 Å². The van der Waals surface area contributed by atoms with Crippen molar-refractivity contribution < 1.29 is 4.57 Å². The van der Waals surface area contributed by atoms with Crippen molar-refractivity contribution in [1.29, 1.82) is 0 Å². The lowest BCUT2D eigenvalue weighted by atomic mass is 9.96. The van der Waals surface area contributed by atoms with Crippen LogP contribution in [-0.2, 0) is 7.05 Å². The van der Waals surface area contributed by atoms with Gasteiger partial charge in [0.1, 0.15) is 7.05 Å². The summed E-state index contributed by atoms with van der Waals surface area (Å²) in [5.74, 6) is 0.487. The van der Waals surface area contributed by atoms with Crippen molar-refractivity contribution in [3.05, 3.63) is 96.2 Å². The Balaban J connectivity index is 1.82. The Morgan fingerprint density at radius 3 is 2.32 bits per heavy atom. The molecule has 34 heavy (non-hydrogen) atoms. The van der Waals surface area contributed by atoms with Crippen LogP contribution >= 0.6 is 0 Å². The van der Waals surface area contributed by atoms with E-state index < -0.39 is 0 Å². The van der Waals surface area contributed by atoms with Gasteiger partial charge in [0.15, 0.2) is 6.20 Å². The molecule has 2 nitrogen and oxygen atoms in total. The van der Waals surface area contributed by atoms with Crippen LogP contribution in [-0.4, -0.2) is 4.40 Å². The zero-order valence-corrected chi connectivity index (χ0v) is 20.1. The molecular formula is C32H27N2+. The molecule has 7 aromatic rings. The zero-order chi connectivity index (χ0) is 23.1. The Morgan fingerprint density at radius 1 is 0.735 bits per heavy atom. The van der Waals surface area contributed by atoms with Gasteiger partial charge in [0.25, 0.3) is 0 Å². The van der Waals surface area contributed by atoms with Gasteiger partial charge in [0, 0.05) is 16.8 Å². The summed E-state index contributed by atoms with van der Waals surface area (Å²) in [6.45, 7) is 6.80. The second-order valence-electron chi connectivity index (χ2n) is 10.0. The summed E-state index contributed by atoms with van der Waals surface area (Å²) in [5.41, 5.74) is 10.4. The molecule has 0 aliphatic rings. The van der Waals surface area contributed by atoms with E-state index in [9.17, 15) is 0 Å². The number of aromatic nitrogens is 2. The second kappa shape index (κ2) is 6.80. The molecule has 0 radical (unpaired) electrons. The van der Waals surface area contributed by atoms with Crippen molar-refractivity contribution in [3.63, 3.8) is 0 Å². The number of pyridine rings is 2. The van der Waals surface area contributed by atoms with Gasteiger partial charge in [-0.3, -0.25) is 0 Å². The van der Waals surface area contributed by atoms with Gasteiger partial charge >= 0.3 is 0 Å². The van der Waals surface area contributed by atoms with Crippen LogP contribution in [0.5, 0.6) is 0 Å². The monoisotopic (exact) mass is 439 g/mol. The maximum Gasteiger partial charge on any atom is 0.224 e. The molecule has 0 unspecified atom stereocenters. The third kappa shape index (κ3) is 2.48. The summed E-state index contributed by atoms with van der Waals surface area (Å²) in [6, 6.07) is 29.4. The summed E-state index contributed by atoms with van der Waals surface area (Å²) in [6.07, 6.45) is 2.21. The highest BCUT2D eigenvalue weighted by molar-refractivity contribution is 6.26. The summed E-state index contributed by atoms with van der Waals surface area (Å²) in [7, 11) is 2.18. The molecule has 4 aromatic carbocycles. The first-order valence-corrected chi connectivity index (χ1v) is 12.1. The molecule has 3 aromatic heterocycles. The Kier molecular flexibility index (Phi) is 3.91. The van der Waals surface area contributed by atoms with Gasteiger partial charge in [0.2, 0.25) is 5.52 Å². The first-order chi connectivity index (χ1) is 16.5. The molecule has 0 aliphatic carbocycles. The van der Waals surface area contributed by atoms with Gasteiger partial charge in [0.05, 0.1) is 27.3 Å². The standard InChI is InChI=1S/C32H27N2/c1-19(2)22-11-13-25-26-12-10-20(3)29-31(26)34(27(25)17-22)28-18-24(21-8-6-5-7-9-21)16-23-14-15-33(4)32(29)30(23)28/h5-19H,1-4H3/q+1. The van der Waals surface area contributed by atoms with Gasteiger partial charge in [-0.15, -0.1) is 0 Å². The van der Waals surface area contributed by atoms with E-state index in [1.165, 1.54) is 71.3 Å². The highest BCUT2D eigenvalue weighted by Gasteiger charge is 2.24. The Morgan fingerprint density at radius 2 is 1.53 bits per heavy atom. The maximum absolute atomic E-state index is 2.54. The van der Waals surface area contributed by atoms with Crippen molar-refractivity contribution >= 4 is 49.0 Å². The second-order valence-corrected chi connectivity index (χ2v) is 10.0. The van der Waals surface area contributed by atoms with Crippen LogP contribution in [0.25, 0.3) is 60.1 Å². The number of nitrogens with zero attached hydrogens (tertiary/aromatic N) is 2. The van der Waals surface area contributed by atoms with E-state index in [1.54, 1.807) is 0 Å². The van der Waals surface area contributed by atoms with Crippen molar-refractivity contribution in [1.82, 2.24) is 4.40 Å². The van der Waals surface area contributed by atoms with Crippen LogP contribution in [0.1, 0.15) is 30.9 Å². The predicted molar refractivity (Wildman–Crippen MR) is 144 cm³/mol. The molecule has 0 bridgehead atoms. The lowest BCUT2D eigenvalue weighted by molar-refractivity contribution is -0.643. The summed E-state index contributed by atoms with van der Waals surface area (Å²) in [4.78, 5) is 0. The van der Waals surface area contributed by atoms with Gasteiger partial charge < -0.3 is 4.40 Å². The minimum atomic E-state index is 0.487. The van der Waals surface area contributed by atoms with Crippen LogP contribution in [0, 0.1) is 6.92 Å². The highest BCUT2D eigenvalue weighted by Crippen LogP contribution is 2.42. The van der Waals surface area contributed by atoms with E-state index >= 15 is 0 Å². The van der Waals surface area contributed by atoms with Crippen molar-refractivity contribution in [2.24, 2.45) is 7.05 Å². The molecule has 0 amide bonds. The maximum atomic E-state index is 2.54. The first-order valence-electron chi connectivity index (χ1n) is 12.1. The Hall–Kier alpha value is -3.91. The molecule has 2 heteroatoms. The van der Waals surface area contributed by atoms with E-state index in [0.717, 1.165) is 0 Å². The zero-order valence-electron chi connectivity index (χ0n) is 20.1. The smallest absolute Gasteiger partial charge is 0.224 e. The summed E-state index contributed by atoms with van der Waals surface area (Å²) >= 11 is 0.